The Labute approximate surface area is 126 Å². The number of hydrogen-bond acceptors (Lipinski definition) is 3. The van der Waals surface area contributed by atoms with Crippen molar-refractivity contribution in [2.75, 3.05) is 12.4 Å². The molecule has 0 aliphatic carbocycles. The molecule has 104 valence electrons. The molecule has 1 aliphatic rings. The van der Waals surface area contributed by atoms with E-state index >= 15 is 0 Å². The Morgan fingerprint density at radius 3 is 2.80 bits per heavy atom. The van der Waals surface area contributed by atoms with Crippen LogP contribution < -0.4 is 10.1 Å². The maximum atomic E-state index is 12.0. The predicted octanol–water partition coefficient (Wildman–Crippen LogP) is 4.19. The summed E-state index contributed by atoms with van der Waals surface area (Å²) in [4.78, 5) is 13.1. The summed E-state index contributed by atoms with van der Waals surface area (Å²) in [5.74, 6) is 0.887. The zero-order valence-electron chi connectivity index (χ0n) is 11.2. The predicted molar refractivity (Wildman–Crippen MR) is 82.1 cm³/mol. The van der Waals surface area contributed by atoms with Gasteiger partial charge >= 0.3 is 0 Å². The Hall–Kier alpha value is -1.52. The van der Waals surface area contributed by atoms with Gasteiger partial charge in [-0.05, 0) is 30.7 Å². The summed E-state index contributed by atoms with van der Waals surface area (Å²) in [6, 6.07) is 7.86. The third kappa shape index (κ3) is 2.19. The lowest BCUT2D eigenvalue weighted by Gasteiger charge is -2.27. The molecule has 1 N–H and O–H groups in total. The van der Waals surface area contributed by atoms with Crippen LogP contribution in [0.3, 0.4) is 0 Å². The van der Waals surface area contributed by atoms with Crippen LogP contribution in [0.1, 0.15) is 28.3 Å². The van der Waals surface area contributed by atoms with Gasteiger partial charge in [0, 0.05) is 22.8 Å². The SMILES string of the molecule is COc1ccc2c(c1C)NC(=O)CC2c1ccc(Cl)s1. The number of hydrogen-bond donors (Lipinski definition) is 1. The van der Waals surface area contributed by atoms with Crippen LogP contribution in [0, 0.1) is 6.92 Å². The van der Waals surface area contributed by atoms with Crippen LogP contribution >= 0.6 is 22.9 Å². The van der Waals surface area contributed by atoms with E-state index in [1.165, 1.54) is 11.3 Å². The topological polar surface area (TPSA) is 38.3 Å². The highest BCUT2D eigenvalue weighted by Crippen LogP contribution is 2.43. The smallest absolute Gasteiger partial charge is 0.225 e. The second kappa shape index (κ2) is 5.11. The van der Waals surface area contributed by atoms with Gasteiger partial charge in [-0.2, -0.15) is 0 Å². The minimum atomic E-state index is 0.0309. The second-order valence-corrected chi connectivity index (χ2v) is 6.55. The molecule has 2 heterocycles. The average Bonchev–Trinajstić information content (AvgIpc) is 2.86. The van der Waals surface area contributed by atoms with Gasteiger partial charge in [0.25, 0.3) is 0 Å². The van der Waals surface area contributed by atoms with Crippen LogP contribution in [0.25, 0.3) is 0 Å². The third-order valence-corrected chi connectivity index (χ3v) is 4.98. The number of carbonyl (C=O) groups excluding carboxylic acids is 1. The van der Waals surface area contributed by atoms with Gasteiger partial charge in [0.1, 0.15) is 5.75 Å². The van der Waals surface area contributed by atoms with Gasteiger partial charge in [0.05, 0.1) is 17.1 Å². The van der Waals surface area contributed by atoms with Gasteiger partial charge in [-0.3, -0.25) is 4.79 Å². The minimum absolute atomic E-state index is 0.0309. The molecule has 0 saturated carbocycles. The summed E-state index contributed by atoms with van der Waals surface area (Å²) in [5, 5.41) is 2.96. The quantitative estimate of drug-likeness (QED) is 0.903. The summed E-state index contributed by atoms with van der Waals surface area (Å²) in [6.07, 6.45) is 0.454. The molecule has 1 aliphatic heterocycles. The summed E-state index contributed by atoms with van der Waals surface area (Å²) < 4.78 is 6.07. The van der Waals surface area contributed by atoms with Crippen molar-refractivity contribution in [1.82, 2.24) is 0 Å². The van der Waals surface area contributed by atoms with E-state index in [0.29, 0.717) is 6.42 Å². The van der Waals surface area contributed by atoms with E-state index in [2.05, 4.69) is 5.32 Å². The molecule has 1 unspecified atom stereocenters. The Bertz CT molecular complexity index is 681. The molecule has 0 fully saturated rings. The van der Waals surface area contributed by atoms with Crippen molar-refractivity contribution in [1.29, 1.82) is 0 Å². The molecule has 0 spiro atoms. The first kappa shape index (κ1) is 13.5. The number of fused-ring (bicyclic) bond motifs is 1. The standard InChI is InChI=1S/C15H14ClNO2S/c1-8-11(19-2)4-3-9-10(7-14(18)17-15(8)9)12-5-6-13(16)20-12/h3-6,10H,7H2,1-2H3,(H,17,18). The molecule has 20 heavy (non-hydrogen) atoms. The molecule has 3 nitrogen and oxygen atoms in total. The van der Waals surface area contributed by atoms with Crippen LogP contribution in [0.5, 0.6) is 5.75 Å². The highest BCUT2D eigenvalue weighted by Gasteiger charge is 2.29. The van der Waals surface area contributed by atoms with Gasteiger partial charge in [-0.1, -0.05) is 17.7 Å². The fourth-order valence-electron chi connectivity index (χ4n) is 2.65. The highest BCUT2D eigenvalue weighted by atomic mass is 35.5. The number of nitrogens with one attached hydrogen (secondary N) is 1. The highest BCUT2D eigenvalue weighted by molar-refractivity contribution is 7.16. The maximum Gasteiger partial charge on any atom is 0.225 e. The number of amides is 1. The van der Waals surface area contributed by atoms with Crippen LogP contribution in [0.15, 0.2) is 24.3 Å². The monoisotopic (exact) mass is 307 g/mol. The van der Waals surface area contributed by atoms with Crippen molar-refractivity contribution in [2.24, 2.45) is 0 Å². The van der Waals surface area contributed by atoms with Gasteiger partial charge in [0.15, 0.2) is 0 Å². The van der Waals surface area contributed by atoms with Crippen molar-refractivity contribution in [3.05, 3.63) is 44.6 Å². The lowest BCUT2D eigenvalue weighted by Crippen LogP contribution is -2.24. The Kier molecular flexibility index (Phi) is 3.44. The number of halogens is 1. The first-order valence-corrected chi connectivity index (χ1v) is 7.52. The van der Waals surface area contributed by atoms with E-state index in [0.717, 1.165) is 31.8 Å². The van der Waals surface area contributed by atoms with E-state index in [1.807, 2.05) is 31.2 Å². The van der Waals surface area contributed by atoms with Gasteiger partial charge in [-0.15, -0.1) is 11.3 Å². The number of benzene rings is 1. The van der Waals surface area contributed by atoms with Gasteiger partial charge < -0.3 is 10.1 Å². The van der Waals surface area contributed by atoms with Gasteiger partial charge in [0.2, 0.25) is 5.91 Å². The lowest BCUT2D eigenvalue weighted by molar-refractivity contribution is -0.116. The number of thiophene rings is 1. The second-order valence-electron chi connectivity index (χ2n) is 4.80. The van der Waals surface area contributed by atoms with E-state index in [1.54, 1.807) is 7.11 Å². The summed E-state index contributed by atoms with van der Waals surface area (Å²) >= 11 is 7.55. The van der Waals surface area contributed by atoms with Crippen molar-refractivity contribution in [3.8, 4) is 5.75 Å². The molecule has 0 saturated heterocycles. The van der Waals surface area contributed by atoms with Crippen molar-refractivity contribution >= 4 is 34.5 Å². The number of methoxy groups -OCH3 is 1. The van der Waals surface area contributed by atoms with Crippen LogP contribution in [-0.2, 0) is 4.79 Å². The van der Waals surface area contributed by atoms with Crippen molar-refractivity contribution in [3.63, 3.8) is 0 Å². The first-order valence-electron chi connectivity index (χ1n) is 6.32. The Morgan fingerprint density at radius 1 is 1.35 bits per heavy atom. The molecule has 0 bridgehead atoms. The number of carbonyl (C=O) groups is 1. The maximum absolute atomic E-state index is 12.0. The molecule has 1 atom stereocenters. The Morgan fingerprint density at radius 2 is 2.15 bits per heavy atom. The fourth-order valence-corrected chi connectivity index (χ4v) is 3.83. The summed E-state index contributed by atoms with van der Waals surface area (Å²) in [7, 11) is 1.63. The third-order valence-electron chi connectivity index (χ3n) is 3.63. The molecular weight excluding hydrogens is 294 g/mol. The molecule has 2 aromatic rings. The minimum Gasteiger partial charge on any atom is -0.496 e. The van der Waals surface area contributed by atoms with E-state index in [4.69, 9.17) is 16.3 Å². The van der Waals surface area contributed by atoms with E-state index < -0.39 is 0 Å². The summed E-state index contributed by atoms with van der Waals surface area (Å²) in [6.45, 7) is 1.96. The largest absolute Gasteiger partial charge is 0.496 e. The number of anilines is 1. The zero-order chi connectivity index (χ0) is 14.3. The van der Waals surface area contributed by atoms with Crippen molar-refractivity contribution < 1.29 is 9.53 Å². The molecular formula is C15H14ClNO2S. The first-order chi connectivity index (χ1) is 9.60. The lowest BCUT2D eigenvalue weighted by atomic mass is 9.87. The van der Waals surface area contributed by atoms with Crippen LogP contribution in [0.4, 0.5) is 5.69 Å². The normalized spacial score (nSPS) is 17.6. The molecule has 0 radical (unpaired) electrons. The van der Waals surface area contributed by atoms with Gasteiger partial charge in [-0.25, -0.2) is 0 Å². The average molecular weight is 308 g/mol. The molecule has 1 amide bonds. The van der Waals surface area contributed by atoms with Crippen LogP contribution in [0.2, 0.25) is 4.34 Å². The number of ether oxygens (including phenoxy) is 1. The zero-order valence-corrected chi connectivity index (χ0v) is 12.8. The number of rotatable bonds is 2. The molecule has 5 heteroatoms. The molecule has 1 aromatic heterocycles. The van der Waals surface area contributed by atoms with E-state index in [-0.39, 0.29) is 11.8 Å². The van der Waals surface area contributed by atoms with Crippen LogP contribution in [-0.4, -0.2) is 13.0 Å². The fraction of sp³-hybridized carbons (Fsp3) is 0.267. The molecule has 1 aromatic carbocycles. The van der Waals surface area contributed by atoms with E-state index in [9.17, 15) is 4.79 Å². The van der Waals surface area contributed by atoms with Crippen molar-refractivity contribution in [2.45, 2.75) is 19.3 Å². The summed E-state index contributed by atoms with van der Waals surface area (Å²) in [5.41, 5.74) is 2.96. The molecule has 3 rings (SSSR count). The Balaban J connectivity index is 2.13.